The molecule has 1 aliphatic rings. The van der Waals surface area contributed by atoms with Gasteiger partial charge in [0.1, 0.15) is 5.75 Å². The van der Waals surface area contributed by atoms with Crippen LogP contribution >= 0.6 is 11.8 Å². The number of rotatable bonds is 2. The van der Waals surface area contributed by atoms with E-state index in [0.29, 0.717) is 18.2 Å². The molecule has 0 bridgehead atoms. The summed E-state index contributed by atoms with van der Waals surface area (Å²) in [7, 11) is 0. The van der Waals surface area contributed by atoms with Gasteiger partial charge in [-0.3, -0.25) is 4.57 Å². The van der Waals surface area contributed by atoms with Gasteiger partial charge in [0.15, 0.2) is 5.16 Å². The number of nitrogens with zero attached hydrogens (tertiary/aromatic N) is 4. The second-order valence-electron chi connectivity index (χ2n) is 4.21. The number of thioether (sulfide) groups is 1. The highest BCUT2D eigenvalue weighted by Gasteiger charge is 2.21. The monoisotopic (exact) mass is 276 g/mol. The molecule has 7 heteroatoms. The molecule has 1 aliphatic heterocycles. The van der Waals surface area contributed by atoms with Crippen molar-refractivity contribution in [1.82, 2.24) is 14.8 Å². The minimum atomic E-state index is -0.392. The van der Waals surface area contributed by atoms with Crippen molar-refractivity contribution in [2.24, 2.45) is 4.99 Å². The van der Waals surface area contributed by atoms with Crippen LogP contribution in [0.3, 0.4) is 0 Å². The quantitative estimate of drug-likeness (QED) is 0.805. The van der Waals surface area contributed by atoms with Crippen LogP contribution < -0.4 is 0 Å². The Balaban J connectivity index is 1.84. The topological polar surface area (TPSA) is 83.5 Å². The van der Waals surface area contributed by atoms with E-state index in [1.165, 1.54) is 11.8 Å². The van der Waals surface area contributed by atoms with E-state index >= 15 is 0 Å². The lowest BCUT2D eigenvalue weighted by Crippen LogP contribution is -2.23. The largest absolute Gasteiger partial charge is 0.508 e. The average Bonchev–Trinajstić information content (AvgIpc) is 2.80. The molecule has 19 heavy (non-hydrogen) atoms. The summed E-state index contributed by atoms with van der Waals surface area (Å²) in [6.07, 6.45) is 1.26. The number of aromatic hydroxyl groups is 1. The molecule has 1 aromatic carbocycles. The molecule has 0 aliphatic carbocycles. The molecular weight excluding hydrogens is 264 g/mol. The van der Waals surface area contributed by atoms with E-state index in [-0.39, 0.29) is 5.75 Å². The summed E-state index contributed by atoms with van der Waals surface area (Å²) in [4.78, 5) is 4.27. The second-order valence-corrected chi connectivity index (χ2v) is 5.19. The molecule has 0 saturated heterocycles. The number of phenols is 1. The standard InChI is InChI=1S/C12H12N4O2S/c17-9-3-1-8(2-4-9)5-13-11-14-15-12-16(11)6-10(18)7-19-12/h1-5,10,17-18H,6-7H2/b13-5+. The summed E-state index contributed by atoms with van der Waals surface area (Å²) in [5.74, 6) is 1.34. The van der Waals surface area contributed by atoms with Crippen LogP contribution in [0.25, 0.3) is 0 Å². The van der Waals surface area contributed by atoms with Crippen LogP contribution in [0.4, 0.5) is 5.95 Å². The fraction of sp³-hybridized carbons (Fsp3) is 0.250. The molecule has 3 rings (SSSR count). The SMILES string of the molecule is Oc1ccc(/C=N/c2nnc3n2CC(O)CS3)cc1. The van der Waals surface area contributed by atoms with Crippen molar-refractivity contribution in [3.8, 4) is 5.75 Å². The van der Waals surface area contributed by atoms with Gasteiger partial charge in [-0.05, 0) is 29.8 Å². The van der Waals surface area contributed by atoms with Crippen LogP contribution in [0.1, 0.15) is 5.56 Å². The predicted octanol–water partition coefficient (Wildman–Crippen LogP) is 1.20. The van der Waals surface area contributed by atoms with Gasteiger partial charge >= 0.3 is 0 Å². The Morgan fingerprint density at radius 3 is 2.89 bits per heavy atom. The minimum absolute atomic E-state index is 0.219. The van der Waals surface area contributed by atoms with E-state index in [1.54, 1.807) is 35.0 Å². The number of benzene rings is 1. The van der Waals surface area contributed by atoms with Gasteiger partial charge in [-0.15, -0.1) is 10.2 Å². The van der Waals surface area contributed by atoms with Crippen molar-refractivity contribution >= 4 is 23.9 Å². The van der Waals surface area contributed by atoms with Gasteiger partial charge in [0.25, 0.3) is 5.95 Å². The lowest BCUT2D eigenvalue weighted by Gasteiger charge is -2.17. The highest BCUT2D eigenvalue weighted by Crippen LogP contribution is 2.26. The Morgan fingerprint density at radius 1 is 1.32 bits per heavy atom. The number of aromatic nitrogens is 3. The molecule has 2 aromatic rings. The number of phenolic OH excluding ortho intramolecular Hbond substituents is 1. The van der Waals surface area contributed by atoms with E-state index in [9.17, 15) is 10.2 Å². The van der Waals surface area contributed by atoms with Crippen LogP contribution in [0.15, 0.2) is 34.4 Å². The molecule has 0 amide bonds. The van der Waals surface area contributed by atoms with Crippen molar-refractivity contribution in [3.05, 3.63) is 29.8 Å². The van der Waals surface area contributed by atoms with Gasteiger partial charge in [-0.1, -0.05) is 11.8 Å². The summed E-state index contributed by atoms with van der Waals surface area (Å²) in [5.41, 5.74) is 0.860. The summed E-state index contributed by atoms with van der Waals surface area (Å²) >= 11 is 1.47. The van der Waals surface area contributed by atoms with Crippen LogP contribution in [0.5, 0.6) is 5.75 Å². The third kappa shape index (κ3) is 2.61. The van der Waals surface area contributed by atoms with Crippen molar-refractivity contribution in [1.29, 1.82) is 0 Å². The Labute approximate surface area is 113 Å². The fourth-order valence-electron chi connectivity index (χ4n) is 1.77. The summed E-state index contributed by atoms with van der Waals surface area (Å²) in [6.45, 7) is 0.470. The first-order valence-corrected chi connectivity index (χ1v) is 6.78. The first kappa shape index (κ1) is 12.2. The van der Waals surface area contributed by atoms with E-state index < -0.39 is 6.10 Å². The van der Waals surface area contributed by atoms with Gasteiger partial charge in [-0.2, -0.15) is 0 Å². The first-order valence-electron chi connectivity index (χ1n) is 5.79. The molecule has 2 N–H and O–H groups in total. The zero-order valence-electron chi connectivity index (χ0n) is 9.97. The smallest absolute Gasteiger partial charge is 0.251 e. The number of hydrogen-bond donors (Lipinski definition) is 2. The molecule has 1 aromatic heterocycles. The Bertz CT molecular complexity index is 609. The highest BCUT2D eigenvalue weighted by molar-refractivity contribution is 7.99. The molecule has 0 radical (unpaired) electrons. The van der Waals surface area contributed by atoms with Crippen molar-refractivity contribution in [2.75, 3.05) is 5.75 Å². The van der Waals surface area contributed by atoms with Gasteiger partial charge in [0.05, 0.1) is 12.6 Å². The Kier molecular flexibility index (Phi) is 3.22. The number of hydrogen-bond acceptors (Lipinski definition) is 6. The predicted molar refractivity (Wildman–Crippen MR) is 72.1 cm³/mol. The van der Waals surface area contributed by atoms with Gasteiger partial charge in [0, 0.05) is 12.0 Å². The van der Waals surface area contributed by atoms with Crippen molar-refractivity contribution in [2.45, 2.75) is 17.8 Å². The molecule has 6 nitrogen and oxygen atoms in total. The molecule has 98 valence electrons. The van der Waals surface area contributed by atoms with E-state index in [4.69, 9.17) is 0 Å². The highest BCUT2D eigenvalue weighted by atomic mass is 32.2. The van der Waals surface area contributed by atoms with Crippen molar-refractivity contribution in [3.63, 3.8) is 0 Å². The maximum absolute atomic E-state index is 9.64. The maximum atomic E-state index is 9.64. The van der Waals surface area contributed by atoms with Crippen LogP contribution in [-0.2, 0) is 6.54 Å². The zero-order valence-corrected chi connectivity index (χ0v) is 10.8. The van der Waals surface area contributed by atoms with Gasteiger partial charge in [0.2, 0.25) is 0 Å². The number of aliphatic hydroxyl groups is 1. The molecule has 0 fully saturated rings. The van der Waals surface area contributed by atoms with Crippen molar-refractivity contribution < 1.29 is 10.2 Å². The number of aliphatic hydroxyl groups excluding tert-OH is 1. The minimum Gasteiger partial charge on any atom is -0.508 e. The lowest BCUT2D eigenvalue weighted by atomic mass is 10.2. The molecule has 1 atom stereocenters. The lowest BCUT2D eigenvalue weighted by molar-refractivity contribution is 0.171. The second kappa shape index (κ2) is 5.02. The maximum Gasteiger partial charge on any atom is 0.251 e. The molecular formula is C12H12N4O2S. The third-order valence-corrected chi connectivity index (χ3v) is 3.83. The fourth-order valence-corrected chi connectivity index (χ4v) is 2.63. The van der Waals surface area contributed by atoms with E-state index in [0.717, 1.165) is 10.7 Å². The Hall–Kier alpha value is -1.86. The average molecular weight is 276 g/mol. The summed E-state index contributed by atoms with van der Waals surface area (Å²) < 4.78 is 1.80. The van der Waals surface area contributed by atoms with Crippen LogP contribution in [0.2, 0.25) is 0 Å². The zero-order chi connectivity index (χ0) is 13.2. The van der Waals surface area contributed by atoms with Crippen LogP contribution in [-0.4, -0.2) is 43.0 Å². The van der Waals surface area contributed by atoms with Crippen LogP contribution in [0, 0.1) is 0 Å². The summed E-state index contributed by atoms with van der Waals surface area (Å²) in [6, 6.07) is 6.71. The molecule has 2 heterocycles. The van der Waals surface area contributed by atoms with Gasteiger partial charge in [-0.25, -0.2) is 4.99 Å². The van der Waals surface area contributed by atoms with Gasteiger partial charge < -0.3 is 10.2 Å². The molecule has 1 unspecified atom stereocenters. The normalized spacial score (nSPS) is 18.7. The first-order chi connectivity index (χ1) is 9.22. The third-order valence-electron chi connectivity index (χ3n) is 2.72. The number of aliphatic imine (C=N–C) groups is 1. The van der Waals surface area contributed by atoms with E-state index in [1.807, 2.05) is 0 Å². The van der Waals surface area contributed by atoms with E-state index in [2.05, 4.69) is 15.2 Å². The molecule has 0 saturated carbocycles. The number of fused-ring (bicyclic) bond motifs is 1. The Morgan fingerprint density at radius 2 is 2.11 bits per heavy atom. The summed E-state index contributed by atoms with van der Waals surface area (Å²) in [5, 5.41) is 27.6. The molecule has 0 spiro atoms.